The van der Waals surface area contributed by atoms with E-state index in [2.05, 4.69) is 37.2 Å². The van der Waals surface area contributed by atoms with Gasteiger partial charge >= 0.3 is 15.6 Å². The molecule has 1 rings (SSSR count). The predicted octanol–water partition coefficient (Wildman–Crippen LogP) is 4.99. The third-order valence-corrected chi connectivity index (χ3v) is 4.32. The fraction of sp³-hybridized carbons (Fsp3) is 0.500. The van der Waals surface area contributed by atoms with Crippen LogP contribution >= 0.6 is 31.9 Å². The Balaban J connectivity index is 3.20. The summed E-state index contributed by atoms with van der Waals surface area (Å²) in [6.45, 7) is 4.80. The molecule has 0 radical (unpaired) electrons. The Morgan fingerprint density at radius 3 is 2.04 bits per heavy atom. The van der Waals surface area contributed by atoms with Crippen molar-refractivity contribution in [2.24, 2.45) is 0 Å². The summed E-state index contributed by atoms with van der Waals surface area (Å²) in [5, 5.41) is 13.6. The molecule has 1 N–H and O–H groups in total. The maximum absolute atomic E-state index is 12.7. The van der Waals surface area contributed by atoms with Crippen molar-refractivity contribution in [2.75, 3.05) is 0 Å². The van der Waals surface area contributed by atoms with Gasteiger partial charge < -0.3 is 10.1 Å². The molecule has 0 spiro atoms. The molecule has 1 unspecified atom stereocenters. The monoisotopic (exact) mass is 490 g/mol. The van der Waals surface area contributed by atoms with E-state index in [0.717, 1.165) is 24.3 Å². The number of alkyl carbamates (subject to hydrolysis) is 1. The molecule has 0 aliphatic carbocycles. The normalized spacial score (nSPS) is 13.9. The number of alkyl halides is 5. The Kier molecular flexibility index (Phi) is 6.49. The molecule has 0 fully saturated rings. The number of nitrogens with one attached hydrogen (secondary N) is 1. The predicted molar refractivity (Wildman–Crippen MR) is 91.1 cm³/mol. The third-order valence-electron chi connectivity index (χ3n) is 2.82. The zero-order valence-electron chi connectivity index (χ0n) is 13.4. The van der Waals surface area contributed by atoms with Crippen LogP contribution in [-0.4, -0.2) is 20.0 Å². The number of carbonyl (C=O) groups excluding carboxylic acids is 1. The third kappa shape index (κ3) is 6.14. The molecule has 1 amide bonds. The first kappa shape index (κ1) is 21.7. The van der Waals surface area contributed by atoms with Crippen LogP contribution in [0.2, 0.25) is 0 Å². The van der Waals surface area contributed by atoms with E-state index in [-0.39, 0.29) is 5.56 Å². The van der Waals surface area contributed by atoms with Gasteiger partial charge in [0, 0.05) is 31.9 Å². The molecule has 0 aliphatic rings. The average Bonchev–Trinajstić information content (AvgIpc) is 2.41. The SMILES string of the molecule is CC(C)(C)OC(=O)NC(c1ccc(C(F)(F)F)cc1)C(Br)(Br)[N+](=O)[O-]. The first-order chi connectivity index (χ1) is 11.1. The highest BCUT2D eigenvalue weighted by Gasteiger charge is 2.48. The molecule has 140 valence electrons. The number of carbonyl (C=O) groups is 1. The lowest BCUT2D eigenvalue weighted by Gasteiger charge is -2.27. The average molecular weight is 492 g/mol. The summed E-state index contributed by atoms with van der Waals surface area (Å²) in [4.78, 5) is 22.5. The van der Waals surface area contributed by atoms with Crippen LogP contribution in [0.25, 0.3) is 0 Å². The molecule has 0 aromatic heterocycles. The van der Waals surface area contributed by atoms with E-state index in [1.165, 1.54) is 0 Å². The van der Waals surface area contributed by atoms with Gasteiger partial charge in [-0.1, -0.05) is 12.1 Å². The summed E-state index contributed by atoms with van der Waals surface area (Å²) in [7, 11) is 0. The molecule has 1 atom stereocenters. The smallest absolute Gasteiger partial charge is 0.416 e. The van der Waals surface area contributed by atoms with Gasteiger partial charge in [0.05, 0.1) is 10.5 Å². The maximum atomic E-state index is 12.7. The molecular formula is C14H15Br2F3N2O4. The van der Waals surface area contributed by atoms with Crippen LogP contribution in [-0.2, 0) is 10.9 Å². The van der Waals surface area contributed by atoms with E-state index in [0.29, 0.717) is 0 Å². The minimum atomic E-state index is -4.55. The van der Waals surface area contributed by atoms with Crippen LogP contribution in [0.4, 0.5) is 18.0 Å². The number of nitrogens with zero attached hydrogens (tertiary/aromatic N) is 1. The number of rotatable bonds is 4. The van der Waals surface area contributed by atoms with E-state index in [4.69, 9.17) is 4.74 Å². The Bertz CT molecular complexity index is 643. The second-order valence-corrected chi connectivity index (χ2v) is 9.53. The van der Waals surface area contributed by atoms with Crippen LogP contribution in [0, 0.1) is 10.1 Å². The Morgan fingerprint density at radius 1 is 1.20 bits per heavy atom. The summed E-state index contributed by atoms with van der Waals surface area (Å²) >= 11 is 5.68. The Hall–Kier alpha value is -1.36. The van der Waals surface area contributed by atoms with Gasteiger partial charge in [-0.05, 0) is 38.5 Å². The van der Waals surface area contributed by atoms with Crippen LogP contribution in [0.1, 0.15) is 37.9 Å². The van der Waals surface area contributed by atoms with Crippen molar-refractivity contribution in [3.05, 3.63) is 45.5 Å². The molecule has 0 bridgehead atoms. The van der Waals surface area contributed by atoms with E-state index in [1.807, 2.05) is 0 Å². The number of halogens is 5. The van der Waals surface area contributed by atoms with Crippen molar-refractivity contribution in [3.8, 4) is 0 Å². The van der Waals surface area contributed by atoms with Gasteiger partial charge in [-0.15, -0.1) is 0 Å². The van der Waals surface area contributed by atoms with Gasteiger partial charge in [0.1, 0.15) is 11.6 Å². The lowest BCUT2D eigenvalue weighted by atomic mass is 10.0. The van der Waals surface area contributed by atoms with Gasteiger partial charge in [0.15, 0.2) is 0 Å². The molecule has 1 aromatic rings. The van der Waals surface area contributed by atoms with Crippen molar-refractivity contribution < 1.29 is 27.6 Å². The number of benzene rings is 1. The Labute approximate surface area is 158 Å². The molecule has 6 nitrogen and oxygen atoms in total. The molecule has 25 heavy (non-hydrogen) atoms. The first-order valence-corrected chi connectivity index (χ1v) is 8.42. The summed E-state index contributed by atoms with van der Waals surface area (Å²) in [6, 6.07) is 2.29. The molecular weight excluding hydrogens is 477 g/mol. The molecule has 1 aromatic carbocycles. The second kappa shape index (κ2) is 7.48. The van der Waals surface area contributed by atoms with Crippen LogP contribution in [0.5, 0.6) is 0 Å². The fourth-order valence-corrected chi connectivity index (χ4v) is 2.52. The summed E-state index contributed by atoms with van der Waals surface area (Å²) in [5.74, 6) is 0. The molecule has 0 saturated heterocycles. The van der Waals surface area contributed by atoms with Crippen LogP contribution in [0.15, 0.2) is 24.3 Å². The lowest BCUT2D eigenvalue weighted by molar-refractivity contribution is -0.509. The molecule has 0 aliphatic heterocycles. The first-order valence-electron chi connectivity index (χ1n) is 6.83. The molecule has 0 saturated carbocycles. The summed E-state index contributed by atoms with van der Waals surface area (Å²) in [6.07, 6.45) is -5.50. The van der Waals surface area contributed by atoms with Crippen molar-refractivity contribution >= 4 is 38.0 Å². The second-order valence-electron chi connectivity index (χ2n) is 6.04. The Morgan fingerprint density at radius 2 is 1.68 bits per heavy atom. The van der Waals surface area contributed by atoms with E-state index < -0.39 is 37.8 Å². The van der Waals surface area contributed by atoms with Crippen molar-refractivity contribution in [2.45, 2.75) is 41.9 Å². The van der Waals surface area contributed by atoms with Gasteiger partial charge in [-0.3, -0.25) is 10.1 Å². The number of nitro groups is 1. The molecule has 0 heterocycles. The number of hydrogen-bond acceptors (Lipinski definition) is 4. The van der Waals surface area contributed by atoms with Crippen LogP contribution in [0.3, 0.4) is 0 Å². The van der Waals surface area contributed by atoms with Crippen molar-refractivity contribution in [1.29, 1.82) is 0 Å². The van der Waals surface area contributed by atoms with Gasteiger partial charge in [0.25, 0.3) is 0 Å². The minimum Gasteiger partial charge on any atom is -0.444 e. The standard InChI is InChI=1S/C14H15Br2F3N2O4/c1-12(2,3)25-11(22)20-10(13(15,16)21(23)24)8-4-6-9(7-5-8)14(17,18)19/h4-7,10H,1-3H3,(H,20,22). The van der Waals surface area contributed by atoms with Crippen LogP contribution < -0.4 is 5.32 Å². The number of ether oxygens (including phenoxy) is 1. The topological polar surface area (TPSA) is 81.5 Å². The fourth-order valence-electron chi connectivity index (χ4n) is 1.77. The highest BCUT2D eigenvalue weighted by molar-refractivity contribution is 9.25. The zero-order chi connectivity index (χ0) is 19.6. The van der Waals surface area contributed by atoms with Crippen molar-refractivity contribution in [1.82, 2.24) is 5.32 Å². The van der Waals surface area contributed by atoms with Crippen molar-refractivity contribution in [3.63, 3.8) is 0 Å². The zero-order valence-corrected chi connectivity index (χ0v) is 16.5. The quantitative estimate of drug-likeness (QED) is 0.278. The lowest BCUT2D eigenvalue weighted by Crippen LogP contribution is -2.44. The van der Waals surface area contributed by atoms with Gasteiger partial charge in [-0.25, -0.2) is 4.79 Å². The van der Waals surface area contributed by atoms with Gasteiger partial charge in [0.2, 0.25) is 0 Å². The highest BCUT2D eigenvalue weighted by atomic mass is 79.9. The highest BCUT2D eigenvalue weighted by Crippen LogP contribution is 2.41. The van der Waals surface area contributed by atoms with Gasteiger partial charge in [-0.2, -0.15) is 13.2 Å². The van der Waals surface area contributed by atoms with E-state index in [1.54, 1.807) is 20.8 Å². The summed E-state index contributed by atoms with van der Waals surface area (Å²) in [5.41, 5.74) is -1.70. The summed E-state index contributed by atoms with van der Waals surface area (Å²) < 4.78 is 41.0. The molecule has 11 heteroatoms. The van der Waals surface area contributed by atoms with E-state index in [9.17, 15) is 28.1 Å². The van der Waals surface area contributed by atoms with E-state index >= 15 is 0 Å². The maximum Gasteiger partial charge on any atom is 0.416 e. The minimum absolute atomic E-state index is 0.0734. The largest absolute Gasteiger partial charge is 0.444 e. The number of hydrogen-bond donors (Lipinski definition) is 1. The number of amides is 1.